The van der Waals surface area contributed by atoms with Gasteiger partial charge < -0.3 is 10.4 Å². The molecule has 2 rings (SSSR count). The van der Waals surface area contributed by atoms with Crippen LogP contribution in [-0.2, 0) is 17.8 Å². The van der Waals surface area contributed by atoms with Crippen molar-refractivity contribution in [2.75, 3.05) is 5.32 Å². The Kier molecular flexibility index (Phi) is 5.10. The van der Waals surface area contributed by atoms with Gasteiger partial charge in [-0.25, -0.2) is 0 Å². The Morgan fingerprint density at radius 3 is 2.33 bits per heavy atom. The van der Waals surface area contributed by atoms with Crippen molar-refractivity contribution in [2.45, 2.75) is 19.9 Å². The van der Waals surface area contributed by atoms with E-state index in [-0.39, 0.29) is 6.42 Å². The molecular weight excluding hydrogens is 309 g/mol. The summed E-state index contributed by atoms with van der Waals surface area (Å²) in [6.07, 6.45) is 0.0348. The molecule has 2 aromatic rings. The summed E-state index contributed by atoms with van der Waals surface area (Å²) in [5.41, 5.74) is 3.53. The summed E-state index contributed by atoms with van der Waals surface area (Å²) in [5.74, 6) is -0.832. The number of anilines is 1. The van der Waals surface area contributed by atoms with Crippen LogP contribution in [0.5, 0.6) is 0 Å². The molecule has 3 nitrogen and oxygen atoms in total. The maximum atomic E-state index is 10.6. The van der Waals surface area contributed by atoms with Gasteiger partial charge in [0.1, 0.15) is 0 Å². The SMILES string of the molecule is Cc1cc(Cl)c(NCc2ccc(CC(=O)O)cc2)cc1Cl. The highest BCUT2D eigenvalue weighted by molar-refractivity contribution is 6.35. The van der Waals surface area contributed by atoms with Gasteiger partial charge in [0.15, 0.2) is 0 Å². The van der Waals surface area contributed by atoms with Gasteiger partial charge in [0, 0.05) is 11.6 Å². The van der Waals surface area contributed by atoms with Gasteiger partial charge in [-0.3, -0.25) is 4.79 Å². The Bertz CT molecular complexity index is 654. The standard InChI is InChI=1S/C16H15Cl2NO2/c1-10-6-14(18)15(8-13(10)17)19-9-12-4-2-11(3-5-12)7-16(20)21/h2-6,8,19H,7,9H2,1H3,(H,20,21). The number of carboxylic acids is 1. The number of rotatable bonds is 5. The second-order valence-corrected chi connectivity index (χ2v) is 5.64. The maximum absolute atomic E-state index is 10.6. The monoisotopic (exact) mass is 323 g/mol. The molecule has 0 atom stereocenters. The van der Waals surface area contributed by atoms with Crippen LogP contribution < -0.4 is 5.32 Å². The minimum absolute atomic E-state index is 0.0348. The van der Waals surface area contributed by atoms with Crippen molar-refractivity contribution in [3.63, 3.8) is 0 Å². The van der Waals surface area contributed by atoms with Crippen LogP contribution in [0.1, 0.15) is 16.7 Å². The highest BCUT2D eigenvalue weighted by Crippen LogP contribution is 2.29. The van der Waals surface area contributed by atoms with Crippen LogP contribution >= 0.6 is 23.2 Å². The highest BCUT2D eigenvalue weighted by Gasteiger charge is 2.05. The molecule has 2 aromatic carbocycles. The fourth-order valence-electron chi connectivity index (χ4n) is 1.93. The molecule has 0 aliphatic heterocycles. The summed E-state index contributed by atoms with van der Waals surface area (Å²) in [6, 6.07) is 11.0. The third-order valence-electron chi connectivity index (χ3n) is 3.11. The summed E-state index contributed by atoms with van der Waals surface area (Å²) in [5, 5.41) is 13.2. The average Bonchev–Trinajstić information content (AvgIpc) is 2.42. The minimum atomic E-state index is -0.832. The summed E-state index contributed by atoms with van der Waals surface area (Å²) in [6.45, 7) is 2.49. The van der Waals surface area contributed by atoms with Crippen LogP contribution in [0.15, 0.2) is 36.4 Å². The number of carboxylic acid groups (broad SMARTS) is 1. The zero-order valence-electron chi connectivity index (χ0n) is 11.5. The number of carbonyl (C=O) groups is 1. The Morgan fingerprint density at radius 1 is 1.10 bits per heavy atom. The molecule has 0 aliphatic rings. The number of hydrogen-bond acceptors (Lipinski definition) is 2. The molecule has 2 N–H and O–H groups in total. The first-order valence-corrected chi connectivity index (χ1v) is 7.20. The lowest BCUT2D eigenvalue weighted by Gasteiger charge is -2.11. The molecule has 5 heteroatoms. The lowest BCUT2D eigenvalue weighted by Crippen LogP contribution is -2.02. The molecule has 0 bridgehead atoms. The normalized spacial score (nSPS) is 10.4. The molecule has 0 saturated carbocycles. The first-order chi connectivity index (χ1) is 9.95. The second kappa shape index (κ2) is 6.83. The van der Waals surface area contributed by atoms with Gasteiger partial charge in [0.25, 0.3) is 0 Å². The first kappa shape index (κ1) is 15.7. The molecule has 0 unspecified atom stereocenters. The molecule has 0 aromatic heterocycles. The number of benzene rings is 2. The van der Waals surface area contributed by atoms with Crippen LogP contribution in [0.2, 0.25) is 10.0 Å². The number of halogens is 2. The molecule has 0 heterocycles. The van der Waals surface area contributed by atoms with Crippen LogP contribution in [0.3, 0.4) is 0 Å². The molecule has 21 heavy (non-hydrogen) atoms. The maximum Gasteiger partial charge on any atom is 0.307 e. The zero-order chi connectivity index (χ0) is 15.4. The van der Waals surface area contributed by atoms with E-state index in [1.807, 2.05) is 37.3 Å². The topological polar surface area (TPSA) is 49.3 Å². The highest BCUT2D eigenvalue weighted by atomic mass is 35.5. The third-order valence-corrected chi connectivity index (χ3v) is 3.83. The second-order valence-electron chi connectivity index (χ2n) is 4.82. The van der Waals surface area contributed by atoms with Crippen LogP contribution in [-0.4, -0.2) is 11.1 Å². The van der Waals surface area contributed by atoms with Gasteiger partial charge in [-0.1, -0.05) is 47.5 Å². The number of aliphatic carboxylic acids is 1. The predicted molar refractivity (Wildman–Crippen MR) is 86.3 cm³/mol. The van der Waals surface area contributed by atoms with E-state index in [2.05, 4.69) is 5.32 Å². The Balaban J connectivity index is 2.03. The van der Waals surface area contributed by atoms with Crippen molar-refractivity contribution >= 4 is 34.9 Å². The summed E-state index contributed by atoms with van der Waals surface area (Å²) < 4.78 is 0. The third kappa shape index (κ3) is 4.38. The summed E-state index contributed by atoms with van der Waals surface area (Å²) >= 11 is 12.2. The molecule has 0 amide bonds. The fraction of sp³-hybridized carbons (Fsp3) is 0.188. The molecule has 0 spiro atoms. The van der Waals surface area contributed by atoms with Gasteiger partial charge in [-0.2, -0.15) is 0 Å². The first-order valence-electron chi connectivity index (χ1n) is 6.45. The van der Waals surface area contributed by atoms with Gasteiger partial charge in [0.05, 0.1) is 17.1 Å². The van der Waals surface area contributed by atoms with Gasteiger partial charge in [-0.15, -0.1) is 0 Å². The average molecular weight is 324 g/mol. The van der Waals surface area contributed by atoms with E-state index in [0.717, 1.165) is 22.4 Å². The van der Waals surface area contributed by atoms with Crippen LogP contribution in [0, 0.1) is 6.92 Å². The Hall–Kier alpha value is -1.71. The Morgan fingerprint density at radius 2 is 1.71 bits per heavy atom. The lowest BCUT2D eigenvalue weighted by molar-refractivity contribution is -0.136. The largest absolute Gasteiger partial charge is 0.481 e. The van der Waals surface area contributed by atoms with Gasteiger partial charge >= 0.3 is 5.97 Å². The van der Waals surface area contributed by atoms with E-state index in [9.17, 15) is 4.79 Å². The smallest absolute Gasteiger partial charge is 0.307 e. The van der Waals surface area contributed by atoms with E-state index in [1.165, 1.54) is 0 Å². The molecular formula is C16H15Cl2NO2. The molecule has 0 aliphatic carbocycles. The molecule has 0 fully saturated rings. The van der Waals surface area contributed by atoms with E-state index >= 15 is 0 Å². The van der Waals surface area contributed by atoms with Crippen molar-refractivity contribution in [3.05, 3.63) is 63.1 Å². The number of hydrogen-bond donors (Lipinski definition) is 2. The van der Waals surface area contributed by atoms with Crippen molar-refractivity contribution < 1.29 is 9.90 Å². The summed E-state index contributed by atoms with van der Waals surface area (Å²) in [4.78, 5) is 10.6. The molecule has 0 radical (unpaired) electrons. The zero-order valence-corrected chi connectivity index (χ0v) is 13.0. The van der Waals surface area contributed by atoms with Crippen LogP contribution in [0.25, 0.3) is 0 Å². The van der Waals surface area contributed by atoms with Gasteiger partial charge in [-0.05, 0) is 35.7 Å². The number of aryl methyl sites for hydroxylation is 1. The van der Waals surface area contributed by atoms with Crippen molar-refractivity contribution in [1.29, 1.82) is 0 Å². The van der Waals surface area contributed by atoms with Crippen LogP contribution in [0.4, 0.5) is 5.69 Å². The van der Waals surface area contributed by atoms with E-state index in [4.69, 9.17) is 28.3 Å². The lowest BCUT2D eigenvalue weighted by atomic mass is 10.1. The molecule has 0 saturated heterocycles. The number of nitrogens with one attached hydrogen (secondary N) is 1. The van der Waals surface area contributed by atoms with Crippen molar-refractivity contribution in [3.8, 4) is 0 Å². The predicted octanol–water partition coefficient (Wildman–Crippen LogP) is 4.54. The van der Waals surface area contributed by atoms with Crippen molar-refractivity contribution in [1.82, 2.24) is 0 Å². The summed E-state index contributed by atoms with van der Waals surface area (Å²) in [7, 11) is 0. The fourth-order valence-corrected chi connectivity index (χ4v) is 2.38. The van der Waals surface area contributed by atoms with Gasteiger partial charge in [0.2, 0.25) is 0 Å². The van der Waals surface area contributed by atoms with E-state index < -0.39 is 5.97 Å². The van der Waals surface area contributed by atoms with E-state index in [0.29, 0.717) is 16.6 Å². The van der Waals surface area contributed by atoms with E-state index in [1.54, 1.807) is 6.07 Å². The Labute approximate surface area is 133 Å². The van der Waals surface area contributed by atoms with Crippen molar-refractivity contribution in [2.24, 2.45) is 0 Å². The molecule has 110 valence electrons. The minimum Gasteiger partial charge on any atom is -0.481 e. The quantitative estimate of drug-likeness (QED) is 0.849.